The summed E-state index contributed by atoms with van der Waals surface area (Å²) in [6.45, 7) is 2.08. The highest BCUT2D eigenvalue weighted by molar-refractivity contribution is 7.47. The molecule has 0 aromatic rings. The van der Waals surface area contributed by atoms with E-state index in [1.807, 2.05) is 0 Å². The highest BCUT2D eigenvalue weighted by Crippen LogP contribution is 2.43. The van der Waals surface area contributed by atoms with Gasteiger partial charge in [-0.1, -0.05) is 115 Å². The number of hydrogen-bond acceptors (Lipinski definition) is 9. The Morgan fingerprint density at radius 3 is 1.44 bits per heavy atom. The SMILES string of the molecule is CCCC/C=C\C/C=C\CCCCCCCC(=O)OC(CO)COP(=O)(O)OCC(CO)OC(=O)CCCCCCCCCC. The van der Waals surface area contributed by atoms with E-state index in [0.29, 0.717) is 12.8 Å². The topological polar surface area (TPSA) is 149 Å². The summed E-state index contributed by atoms with van der Waals surface area (Å²) in [7, 11) is -4.62. The molecule has 0 radical (unpaired) electrons. The number of esters is 2. The van der Waals surface area contributed by atoms with E-state index in [1.54, 1.807) is 0 Å². The Bertz CT molecular complexity index is 817. The quantitative estimate of drug-likeness (QED) is 0.0281. The van der Waals surface area contributed by atoms with Crippen LogP contribution in [0.15, 0.2) is 24.3 Å². The number of unbranched alkanes of at least 4 members (excludes halogenated alkanes) is 14. The minimum Gasteiger partial charge on any atom is -0.457 e. The second kappa shape index (κ2) is 31.1. The second-order valence-electron chi connectivity index (χ2n) is 11.5. The zero-order valence-electron chi connectivity index (χ0n) is 28.1. The van der Waals surface area contributed by atoms with Crippen LogP contribution in [0.2, 0.25) is 0 Å². The maximum Gasteiger partial charge on any atom is 0.472 e. The van der Waals surface area contributed by atoms with Gasteiger partial charge in [-0.2, -0.15) is 0 Å². The lowest BCUT2D eigenvalue weighted by Crippen LogP contribution is -2.28. The summed E-state index contributed by atoms with van der Waals surface area (Å²) < 4.78 is 32.3. The molecule has 10 nitrogen and oxygen atoms in total. The molecule has 0 fully saturated rings. The van der Waals surface area contributed by atoms with Gasteiger partial charge in [0.25, 0.3) is 0 Å². The Labute approximate surface area is 272 Å². The summed E-state index contributed by atoms with van der Waals surface area (Å²) >= 11 is 0. The predicted molar refractivity (Wildman–Crippen MR) is 178 cm³/mol. The summed E-state index contributed by atoms with van der Waals surface area (Å²) in [5.41, 5.74) is 0. The molecule has 11 heteroatoms. The Balaban J connectivity index is 4.04. The van der Waals surface area contributed by atoms with Crippen molar-refractivity contribution in [3.63, 3.8) is 0 Å². The van der Waals surface area contributed by atoms with Crippen molar-refractivity contribution < 1.29 is 47.8 Å². The molecule has 0 aliphatic rings. The van der Waals surface area contributed by atoms with E-state index in [1.165, 1.54) is 38.5 Å². The highest BCUT2D eigenvalue weighted by Gasteiger charge is 2.27. The van der Waals surface area contributed by atoms with Crippen molar-refractivity contribution in [2.45, 2.75) is 154 Å². The van der Waals surface area contributed by atoms with E-state index < -0.39 is 58.4 Å². The fourth-order valence-electron chi connectivity index (χ4n) is 4.42. The van der Waals surface area contributed by atoms with E-state index >= 15 is 0 Å². The molecule has 0 bridgehead atoms. The molecule has 0 aliphatic heterocycles. The van der Waals surface area contributed by atoms with Crippen molar-refractivity contribution in [2.75, 3.05) is 26.4 Å². The lowest BCUT2D eigenvalue weighted by Gasteiger charge is -2.20. The summed E-state index contributed by atoms with van der Waals surface area (Å²) in [5.74, 6) is -1.04. The Morgan fingerprint density at radius 2 is 1.00 bits per heavy atom. The minimum absolute atomic E-state index is 0.177. The van der Waals surface area contributed by atoms with Crippen molar-refractivity contribution in [3.05, 3.63) is 24.3 Å². The number of carbonyl (C=O) groups excluding carboxylic acids is 2. The molecular formula is C34H63O10P. The van der Waals surface area contributed by atoms with Crippen molar-refractivity contribution in [2.24, 2.45) is 0 Å². The van der Waals surface area contributed by atoms with Crippen LogP contribution in [0.4, 0.5) is 0 Å². The van der Waals surface area contributed by atoms with Gasteiger partial charge in [-0.25, -0.2) is 4.57 Å². The van der Waals surface area contributed by atoms with E-state index in [-0.39, 0.29) is 12.8 Å². The monoisotopic (exact) mass is 662 g/mol. The zero-order chi connectivity index (χ0) is 33.4. The van der Waals surface area contributed by atoms with Crippen LogP contribution in [-0.4, -0.2) is 65.7 Å². The zero-order valence-corrected chi connectivity index (χ0v) is 29.0. The van der Waals surface area contributed by atoms with Crippen LogP contribution in [-0.2, 0) is 32.7 Å². The minimum atomic E-state index is -4.62. The number of allylic oxidation sites excluding steroid dienone is 4. The number of aliphatic hydroxyl groups excluding tert-OH is 2. The van der Waals surface area contributed by atoms with E-state index in [9.17, 15) is 29.3 Å². The number of rotatable bonds is 32. The lowest BCUT2D eigenvalue weighted by atomic mass is 10.1. The van der Waals surface area contributed by atoms with E-state index in [0.717, 1.165) is 64.2 Å². The van der Waals surface area contributed by atoms with Crippen LogP contribution < -0.4 is 0 Å². The molecule has 3 unspecified atom stereocenters. The molecule has 0 amide bonds. The van der Waals surface area contributed by atoms with Crippen LogP contribution in [0.25, 0.3) is 0 Å². The molecule has 3 atom stereocenters. The van der Waals surface area contributed by atoms with Gasteiger partial charge in [0.15, 0.2) is 0 Å². The number of aliphatic hydroxyl groups is 2. The third-order valence-corrected chi connectivity index (χ3v) is 8.12. The first kappa shape index (κ1) is 43.5. The van der Waals surface area contributed by atoms with Crippen molar-refractivity contribution >= 4 is 19.8 Å². The van der Waals surface area contributed by atoms with Crippen LogP contribution >= 0.6 is 7.82 Å². The van der Waals surface area contributed by atoms with Gasteiger partial charge in [0.1, 0.15) is 12.2 Å². The summed E-state index contributed by atoms with van der Waals surface area (Å²) in [6.07, 6.45) is 26.0. The van der Waals surface area contributed by atoms with Gasteiger partial charge in [-0.15, -0.1) is 0 Å². The van der Waals surface area contributed by atoms with Crippen molar-refractivity contribution in [1.29, 1.82) is 0 Å². The molecule has 45 heavy (non-hydrogen) atoms. The lowest BCUT2D eigenvalue weighted by molar-refractivity contribution is -0.153. The molecule has 0 aliphatic carbocycles. The fourth-order valence-corrected chi connectivity index (χ4v) is 5.21. The first-order valence-electron chi connectivity index (χ1n) is 17.3. The van der Waals surface area contributed by atoms with Gasteiger partial charge in [-0.05, 0) is 38.5 Å². The highest BCUT2D eigenvalue weighted by atomic mass is 31.2. The average molecular weight is 663 g/mol. The normalized spacial score (nSPS) is 14.5. The number of hydrogen-bond donors (Lipinski definition) is 3. The van der Waals surface area contributed by atoms with Crippen LogP contribution in [0.5, 0.6) is 0 Å². The van der Waals surface area contributed by atoms with Gasteiger partial charge in [0.05, 0.1) is 26.4 Å². The summed E-state index contributed by atoms with van der Waals surface area (Å²) in [4.78, 5) is 34.1. The maximum atomic E-state index is 12.2. The van der Waals surface area contributed by atoms with Gasteiger partial charge in [0, 0.05) is 12.8 Å². The molecule has 3 N–H and O–H groups in total. The molecule has 0 rings (SSSR count). The molecular weight excluding hydrogens is 599 g/mol. The summed E-state index contributed by atoms with van der Waals surface area (Å²) in [5, 5.41) is 19.0. The number of phosphoric acid groups is 1. The average Bonchev–Trinajstić information content (AvgIpc) is 3.02. The van der Waals surface area contributed by atoms with Gasteiger partial charge in [0.2, 0.25) is 0 Å². The molecule has 0 aromatic carbocycles. The number of ether oxygens (including phenoxy) is 2. The van der Waals surface area contributed by atoms with Crippen LogP contribution in [0.3, 0.4) is 0 Å². The van der Waals surface area contributed by atoms with Crippen molar-refractivity contribution in [3.8, 4) is 0 Å². The number of carbonyl (C=O) groups is 2. The van der Waals surface area contributed by atoms with Gasteiger partial charge in [-0.3, -0.25) is 18.6 Å². The predicted octanol–water partition coefficient (Wildman–Crippen LogP) is 7.88. The molecule has 0 heterocycles. The molecule has 264 valence electrons. The van der Waals surface area contributed by atoms with Gasteiger partial charge >= 0.3 is 19.8 Å². The van der Waals surface area contributed by atoms with E-state index in [2.05, 4.69) is 38.2 Å². The Hall–Kier alpha value is -1.55. The third kappa shape index (κ3) is 29.6. The Morgan fingerprint density at radius 1 is 0.600 bits per heavy atom. The van der Waals surface area contributed by atoms with Crippen LogP contribution in [0, 0.1) is 0 Å². The smallest absolute Gasteiger partial charge is 0.457 e. The first-order valence-corrected chi connectivity index (χ1v) is 18.8. The fraction of sp³-hybridized carbons (Fsp3) is 0.824. The summed E-state index contributed by atoms with van der Waals surface area (Å²) in [6, 6.07) is 0. The molecule has 0 spiro atoms. The van der Waals surface area contributed by atoms with Crippen molar-refractivity contribution in [1.82, 2.24) is 0 Å². The Kier molecular flexibility index (Phi) is 30.0. The number of phosphoric ester groups is 1. The maximum absolute atomic E-state index is 12.2. The first-order chi connectivity index (χ1) is 21.8. The largest absolute Gasteiger partial charge is 0.472 e. The van der Waals surface area contributed by atoms with Crippen LogP contribution in [0.1, 0.15) is 142 Å². The van der Waals surface area contributed by atoms with E-state index in [4.69, 9.17) is 18.5 Å². The molecule has 0 saturated carbocycles. The molecule has 0 aromatic heterocycles. The second-order valence-corrected chi connectivity index (χ2v) is 13.0. The van der Waals surface area contributed by atoms with Gasteiger partial charge < -0.3 is 24.6 Å². The third-order valence-electron chi connectivity index (χ3n) is 7.17. The standard InChI is InChI=1S/C34H63O10P/c1-3-5-7-9-11-13-14-15-16-17-18-20-22-24-26-34(38)44-32(28-36)30-42-45(39,40)41-29-31(27-35)43-33(37)25-23-21-19-12-10-8-6-4-2/h9,11,14-15,31-32,35-36H,3-8,10,12-13,16-30H2,1-2H3,(H,39,40)/b11-9-,15-14-. The molecule has 0 saturated heterocycles.